The average molecular weight is 275 g/mol. The Labute approximate surface area is 98.5 Å². The molecule has 3 nitrogen and oxygen atoms in total. The molecule has 0 unspecified atom stereocenters. The Hall–Kier alpha value is -0.900. The molecule has 0 fully saturated rings. The Bertz CT molecular complexity index is 326. The van der Waals surface area contributed by atoms with E-state index in [1.54, 1.807) is 14.2 Å². The fourth-order valence-electron chi connectivity index (χ4n) is 1.21. The summed E-state index contributed by atoms with van der Waals surface area (Å²) in [5, 5.41) is 0. The van der Waals surface area contributed by atoms with Gasteiger partial charge in [-0.05, 0) is 34.5 Å². The van der Waals surface area contributed by atoms with E-state index in [2.05, 4.69) is 22.9 Å². The lowest BCUT2D eigenvalue weighted by Crippen LogP contribution is -2.00. The maximum absolute atomic E-state index is 5.60. The SMILES string of the molecule is CCCOc1c(OC)ccc(Br)c1OC. The number of rotatable bonds is 5. The highest BCUT2D eigenvalue weighted by Gasteiger charge is 2.14. The minimum Gasteiger partial charge on any atom is -0.493 e. The van der Waals surface area contributed by atoms with Crippen molar-refractivity contribution in [3.63, 3.8) is 0 Å². The van der Waals surface area contributed by atoms with E-state index in [9.17, 15) is 0 Å². The van der Waals surface area contributed by atoms with Crippen LogP contribution in [-0.4, -0.2) is 20.8 Å². The third kappa shape index (κ3) is 2.78. The lowest BCUT2D eigenvalue weighted by Gasteiger charge is -2.14. The van der Waals surface area contributed by atoms with Gasteiger partial charge in [0.1, 0.15) is 0 Å². The maximum atomic E-state index is 5.60. The highest BCUT2D eigenvalue weighted by atomic mass is 79.9. The third-order valence-corrected chi connectivity index (χ3v) is 2.53. The van der Waals surface area contributed by atoms with Crippen molar-refractivity contribution < 1.29 is 14.2 Å². The van der Waals surface area contributed by atoms with Gasteiger partial charge in [-0.15, -0.1) is 0 Å². The molecular formula is C11H15BrO3. The zero-order chi connectivity index (χ0) is 11.3. The van der Waals surface area contributed by atoms with Gasteiger partial charge >= 0.3 is 0 Å². The lowest BCUT2D eigenvalue weighted by atomic mass is 10.3. The Morgan fingerprint density at radius 2 is 1.87 bits per heavy atom. The topological polar surface area (TPSA) is 27.7 Å². The standard InChI is InChI=1S/C11H15BrO3/c1-4-7-15-11-9(13-2)6-5-8(12)10(11)14-3/h5-6H,4,7H2,1-3H3. The van der Waals surface area contributed by atoms with Gasteiger partial charge in [0.25, 0.3) is 0 Å². The smallest absolute Gasteiger partial charge is 0.204 e. The number of methoxy groups -OCH3 is 2. The molecule has 84 valence electrons. The van der Waals surface area contributed by atoms with Crippen molar-refractivity contribution in [3.05, 3.63) is 16.6 Å². The molecule has 0 aliphatic heterocycles. The minimum atomic E-state index is 0.642. The van der Waals surface area contributed by atoms with Gasteiger partial charge in [0, 0.05) is 0 Å². The molecule has 0 bridgehead atoms. The fourth-order valence-corrected chi connectivity index (χ4v) is 1.69. The van der Waals surface area contributed by atoms with Crippen molar-refractivity contribution >= 4 is 15.9 Å². The van der Waals surface area contributed by atoms with Gasteiger partial charge in [-0.3, -0.25) is 0 Å². The van der Waals surface area contributed by atoms with Crippen molar-refractivity contribution in [1.82, 2.24) is 0 Å². The summed E-state index contributed by atoms with van der Waals surface area (Å²) in [4.78, 5) is 0. The first-order valence-corrected chi connectivity index (χ1v) is 5.57. The van der Waals surface area contributed by atoms with E-state index in [1.165, 1.54) is 0 Å². The summed E-state index contributed by atoms with van der Waals surface area (Å²) in [6.07, 6.45) is 0.943. The molecule has 0 heterocycles. The van der Waals surface area contributed by atoms with E-state index < -0.39 is 0 Å². The van der Waals surface area contributed by atoms with Crippen LogP contribution >= 0.6 is 15.9 Å². The van der Waals surface area contributed by atoms with Crippen LogP contribution in [0.25, 0.3) is 0 Å². The van der Waals surface area contributed by atoms with E-state index in [4.69, 9.17) is 14.2 Å². The zero-order valence-electron chi connectivity index (χ0n) is 9.17. The number of ether oxygens (including phenoxy) is 3. The predicted molar refractivity (Wildman–Crippen MR) is 63.0 cm³/mol. The molecule has 0 aliphatic rings. The van der Waals surface area contributed by atoms with Gasteiger partial charge in [-0.25, -0.2) is 0 Å². The van der Waals surface area contributed by atoms with Gasteiger partial charge in [0.05, 0.1) is 25.3 Å². The van der Waals surface area contributed by atoms with Gasteiger partial charge in [-0.2, -0.15) is 0 Å². The number of hydrogen-bond donors (Lipinski definition) is 0. The summed E-state index contributed by atoms with van der Waals surface area (Å²) in [5.41, 5.74) is 0. The van der Waals surface area contributed by atoms with E-state index in [0.717, 1.165) is 10.9 Å². The van der Waals surface area contributed by atoms with Crippen LogP contribution in [0.15, 0.2) is 16.6 Å². The maximum Gasteiger partial charge on any atom is 0.204 e. The molecule has 0 spiro atoms. The monoisotopic (exact) mass is 274 g/mol. The predicted octanol–water partition coefficient (Wildman–Crippen LogP) is 3.26. The largest absolute Gasteiger partial charge is 0.493 e. The van der Waals surface area contributed by atoms with Crippen LogP contribution < -0.4 is 14.2 Å². The summed E-state index contributed by atoms with van der Waals surface area (Å²) in [7, 11) is 3.22. The molecular weight excluding hydrogens is 260 g/mol. The summed E-state index contributed by atoms with van der Waals surface area (Å²) >= 11 is 3.40. The summed E-state index contributed by atoms with van der Waals surface area (Å²) in [6, 6.07) is 3.72. The molecule has 0 aromatic heterocycles. The summed E-state index contributed by atoms with van der Waals surface area (Å²) in [6.45, 7) is 2.69. The molecule has 4 heteroatoms. The van der Waals surface area contributed by atoms with Gasteiger partial charge in [0.2, 0.25) is 5.75 Å². The molecule has 1 rings (SSSR count). The Morgan fingerprint density at radius 3 is 2.40 bits per heavy atom. The second kappa shape index (κ2) is 5.85. The normalized spacial score (nSPS) is 9.87. The second-order valence-corrected chi connectivity index (χ2v) is 3.81. The van der Waals surface area contributed by atoms with E-state index in [-0.39, 0.29) is 0 Å². The van der Waals surface area contributed by atoms with Crippen LogP contribution in [0.2, 0.25) is 0 Å². The molecule has 0 aliphatic carbocycles. The van der Waals surface area contributed by atoms with Gasteiger partial charge in [-0.1, -0.05) is 6.92 Å². The van der Waals surface area contributed by atoms with Crippen molar-refractivity contribution in [1.29, 1.82) is 0 Å². The van der Waals surface area contributed by atoms with Gasteiger partial charge < -0.3 is 14.2 Å². The van der Waals surface area contributed by atoms with Crippen molar-refractivity contribution in [3.8, 4) is 17.2 Å². The van der Waals surface area contributed by atoms with Crippen LogP contribution in [0.4, 0.5) is 0 Å². The molecule has 1 aromatic rings. The Kier molecular flexibility index (Phi) is 4.75. The van der Waals surface area contributed by atoms with Crippen molar-refractivity contribution in [2.24, 2.45) is 0 Å². The van der Waals surface area contributed by atoms with Crippen LogP contribution in [0, 0.1) is 0 Å². The zero-order valence-corrected chi connectivity index (χ0v) is 10.8. The first-order chi connectivity index (χ1) is 7.24. The van der Waals surface area contributed by atoms with E-state index >= 15 is 0 Å². The quantitative estimate of drug-likeness (QED) is 0.825. The van der Waals surface area contributed by atoms with Crippen molar-refractivity contribution in [2.75, 3.05) is 20.8 Å². The molecule has 0 saturated heterocycles. The molecule has 0 atom stereocenters. The minimum absolute atomic E-state index is 0.642. The number of benzene rings is 1. The Morgan fingerprint density at radius 1 is 1.13 bits per heavy atom. The van der Waals surface area contributed by atoms with E-state index in [1.807, 2.05) is 12.1 Å². The van der Waals surface area contributed by atoms with Gasteiger partial charge in [0.15, 0.2) is 11.5 Å². The van der Waals surface area contributed by atoms with Crippen LogP contribution in [0.5, 0.6) is 17.2 Å². The number of hydrogen-bond acceptors (Lipinski definition) is 3. The molecule has 0 N–H and O–H groups in total. The molecule has 1 aromatic carbocycles. The number of halogens is 1. The van der Waals surface area contributed by atoms with Crippen LogP contribution in [-0.2, 0) is 0 Å². The fraction of sp³-hybridized carbons (Fsp3) is 0.455. The van der Waals surface area contributed by atoms with Crippen LogP contribution in [0.3, 0.4) is 0 Å². The van der Waals surface area contributed by atoms with E-state index in [0.29, 0.717) is 23.9 Å². The van der Waals surface area contributed by atoms with Crippen LogP contribution in [0.1, 0.15) is 13.3 Å². The Balaban J connectivity index is 3.09. The first-order valence-electron chi connectivity index (χ1n) is 4.77. The molecule has 0 amide bonds. The highest BCUT2D eigenvalue weighted by Crippen LogP contribution is 2.42. The summed E-state index contributed by atoms with van der Waals surface area (Å²) < 4.78 is 16.9. The lowest BCUT2D eigenvalue weighted by molar-refractivity contribution is 0.274. The third-order valence-electron chi connectivity index (χ3n) is 1.90. The summed E-state index contributed by atoms with van der Waals surface area (Å²) in [5.74, 6) is 2.00. The molecule has 0 saturated carbocycles. The first kappa shape index (κ1) is 12.2. The second-order valence-electron chi connectivity index (χ2n) is 2.96. The molecule has 15 heavy (non-hydrogen) atoms. The van der Waals surface area contributed by atoms with Crippen molar-refractivity contribution in [2.45, 2.75) is 13.3 Å². The highest BCUT2D eigenvalue weighted by molar-refractivity contribution is 9.10. The average Bonchev–Trinajstić information content (AvgIpc) is 2.26. The molecule has 0 radical (unpaired) electrons.